The first-order chi connectivity index (χ1) is 15.5. The fraction of sp³-hybridized carbons (Fsp3) is 0.333. The SMILES string of the molecule is COc1cc(C(=O)NCC2CCN(Cc3cc(-c4ccccc4Cl)no3)CC2)ccc1Cl. The number of nitrogens with one attached hydrogen (secondary N) is 1. The van der Waals surface area contributed by atoms with E-state index < -0.39 is 0 Å². The van der Waals surface area contributed by atoms with Gasteiger partial charge in [0.05, 0.1) is 23.7 Å². The van der Waals surface area contributed by atoms with Crippen molar-refractivity contribution in [2.75, 3.05) is 26.7 Å². The minimum absolute atomic E-state index is 0.115. The molecule has 0 atom stereocenters. The minimum Gasteiger partial charge on any atom is -0.495 e. The van der Waals surface area contributed by atoms with E-state index in [-0.39, 0.29) is 5.91 Å². The standard InChI is InChI=1S/C24H25Cl2N3O3/c1-31-23-12-17(6-7-21(23)26)24(30)27-14-16-8-10-29(11-9-16)15-18-13-22(28-32-18)19-4-2-3-5-20(19)25/h2-7,12-13,16H,8-11,14-15H2,1H3,(H,27,30). The van der Waals surface area contributed by atoms with Gasteiger partial charge in [-0.2, -0.15) is 0 Å². The van der Waals surface area contributed by atoms with Gasteiger partial charge in [0.25, 0.3) is 5.91 Å². The van der Waals surface area contributed by atoms with E-state index in [1.54, 1.807) is 18.2 Å². The Morgan fingerprint density at radius 3 is 2.69 bits per heavy atom. The van der Waals surface area contributed by atoms with Crippen LogP contribution in [-0.4, -0.2) is 42.7 Å². The second kappa shape index (κ2) is 10.4. The van der Waals surface area contributed by atoms with E-state index in [0.717, 1.165) is 42.9 Å². The number of benzene rings is 2. The van der Waals surface area contributed by atoms with Crippen LogP contribution in [0.25, 0.3) is 11.3 Å². The fourth-order valence-electron chi connectivity index (χ4n) is 3.89. The van der Waals surface area contributed by atoms with Crippen molar-refractivity contribution >= 4 is 29.1 Å². The number of nitrogens with zero attached hydrogens (tertiary/aromatic N) is 2. The first kappa shape index (κ1) is 22.6. The molecule has 0 unspecified atom stereocenters. The molecule has 168 valence electrons. The van der Waals surface area contributed by atoms with Crippen LogP contribution in [-0.2, 0) is 6.54 Å². The summed E-state index contributed by atoms with van der Waals surface area (Å²) in [6.07, 6.45) is 2.02. The molecule has 0 spiro atoms. The Morgan fingerprint density at radius 1 is 1.16 bits per heavy atom. The van der Waals surface area contributed by atoms with E-state index in [2.05, 4.69) is 15.4 Å². The third-order valence-corrected chi connectivity index (χ3v) is 6.40. The molecular weight excluding hydrogens is 449 g/mol. The average molecular weight is 474 g/mol. The van der Waals surface area contributed by atoms with Crippen molar-refractivity contribution in [1.29, 1.82) is 0 Å². The number of methoxy groups -OCH3 is 1. The molecule has 3 aromatic rings. The van der Waals surface area contributed by atoms with Gasteiger partial charge < -0.3 is 14.6 Å². The summed E-state index contributed by atoms with van der Waals surface area (Å²) >= 11 is 12.3. The highest BCUT2D eigenvalue weighted by molar-refractivity contribution is 6.33. The number of carbonyl (C=O) groups excluding carboxylic acids is 1. The number of halogens is 2. The lowest BCUT2D eigenvalue weighted by Crippen LogP contribution is -2.38. The fourth-order valence-corrected chi connectivity index (χ4v) is 4.32. The minimum atomic E-state index is -0.115. The van der Waals surface area contributed by atoms with E-state index in [1.165, 1.54) is 7.11 Å². The topological polar surface area (TPSA) is 67.6 Å². The molecule has 1 amide bonds. The molecule has 1 fully saturated rings. The Bertz CT molecular complexity index is 1080. The number of ether oxygens (including phenoxy) is 1. The van der Waals surface area contributed by atoms with Gasteiger partial charge in [0.1, 0.15) is 11.4 Å². The smallest absolute Gasteiger partial charge is 0.251 e. The Labute approximate surface area is 197 Å². The lowest BCUT2D eigenvalue weighted by molar-refractivity contribution is 0.0933. The lowest BCUT2D eigenvalue weighted by Gasteiger charge is -2.31. The highest BCUT2D eigenvalue weighted by Gasteiger charge is 2.22. The molecule has 0 aliphatic carbocycles. The number of amides is 1. The summed E-state index contributed by atoms with van der Waals surface area (Å²) in [5, 5.41) is 8.35. The zero-order valence-corrected chi connectivity index (χ0v) is 19.3. The van der Waals surface area contributed by atoms with Crippen LogP contribution in [0.5, 0.6) is 5.75 Å². The normalized spacial score (nSPS) is 15.0. The van der Waals surface area contributed by atoms with Gasteiger partial charge in [-0.1, -0.05) is 46.6 Å². The Balaban J connectivity index is 1.24. The van der Waals surface area contributed by atoms with Crippen molar-refractivity contribution in [3.8, 4) is 17.0 Å². The monoisotopic (exact) mass is 473 g/mol. The van der Waals surface area contributed by atoms with Crippen LogP contribution in [0.1, 0.15) is 29.0 Å². The molecule has 1 aliphatic rings. The molecule has 0 radical (unpaired) electrons. The summed E-state index contributed by atoms with van der Waals surface area (Å²) in [5.74, 6) is 1.65. The molecule has 8 heteroatoms. The summed E-state index contributed by atoms with van der Waals surface area (Å²) in [5.41, 5.74) is 2.17. The van der Waals surface area contributed by atoms with Crippen LogP contribution in [0.4, 0.5) is 0 Å². The first-order valence-electron chi connectivity index (χ1n) is 10.6. The van der Waals surface area contributed by atoms with Crippen molar-refractivity contribution in [3.05, 3.63) is 69.9 Å². The van der Waals surface area contributed by atoms with E-state index in [4.69, 9.17) is 32.5 Å². The Kier molecular flexibility index (Phi) is 7.35. The molecule has 4 rings (SSSR count). The number of aromatic nitrogens is 1. The summed E-state index contributed by atoms with van der Waals surface area (Å²) in [6, 6.07) is 14.6. The first-order valence-corrected chi connectivity index (χ1v) is 11.3. The van der Waals surface area contributed by atoms with Crippen molar-refractivity contribution in [3.63, 3.8) is 0 Å². The number of hydrogen-bond acceptors (Lipinski definition) is 5. The van der Waals surface area contributed by atoms with Gasteiger partial charge in [-0.25, -0.2) is 0 Å². The number of rotatable bonds is 7. The summed E-state index contributed by atoms with van der Waals surface area (Å²) in [6.45, 7) is 3.24. The van der Waals surface area contributed by atoms with Crippen LogP contribution in [0, 0.1) is 5.92 Å². The maximum absolute atomic E-state index is 12.5. The van der Waals surface area contributed by atoms with Crippen molar-refractivity contribution in [1.82, 2.24) is 15.4 Å². The Morgan fingerprint density at radius 2 is 1.94 bits per heavy atom. The van der Waals surface area contributed by atoms with Crippen LogP contribution in [0.15, 0.2) is 53.1 Å². The molecule has 1 aliphatic heterocycles. The molecule has 2 aromatic carbocycles. The highest BCUT2D eigenvalue weighted by Crippen LogP contribution is 2.28. The van der Waals surface area contributed by atoms with Gasteiger partial charge in [-0.05, 0) is 56.1 Å². The van der Waals surface area contributed by atoms with Crippen LogP contribution in [0.3, 0.4) is 0 Å². The molecule has 1 saturated heterocycles. The summed E-state index contributed by atoms with van der Waals surface area (Å²) in [4.78, 5) is 14.8. The van der Waals surface area contributed by atoms with Gasteiger partial charge in [0, 0.05) is 23.7 Å². The number of piperidine rings is 1. The van der Waals surface area contributed by atoms with Gasteiger partial charge in [-0.15, -0.1) is 0 Å². The van der Waals surface area contributed by atoms with E-state index in [0.29, 0.717) is 40.4 Å². The predicted octanol–water partition coefficient (Wildman–Crippen LogP) is 5.30. The number of carbonyl (C=O) groups is 1. The quantitative estimate of drug-likeness (QED) is 0.504. The maximum atomic E-state index is 12.5. The average Bonchev–Trinajstić information content (AvgIpc) is 3.27. The molecule has 1 N–H and O–H groups in total. The number of likely N-dealkylation sites (tertiary alicyclic amines) is 1. The Hall–Kier alpha value is -2.54. The second-order valence-electron chi connectivity index (χ2n) is 7.94. The number of hydrogen-bond donors (Lipinski definition) is 1. The zero-order valence-electron chi connectivity index (χ0n) is 17.8. The summed E-state index contributed by atoms with van der Waals surface area (Å²) < 4.78 is 10.7. The second-order valence-corrected chi connectivity index (χ2v) is 8.75. The van der Waals surface area contributed by atoms with Gasteiger partial charge in [-0.3, -0.25) is 9.69 Å². The summed E-state index contributed by atoms with van der Waals surface area (Å²) in [7, 11) is 1.53. The van der Waals surface area contributed by atoms with E-state index in [9.17, 15) is 4.79 Å². The van der Waals surface area contributed by atoms with Gasteiger partial charge >= 0.3 is 0 Å². The van der Waals surface area contributed by atoms with Crippen LogP contribution in [0.2, 0.25) is 10.0 Å². The van der Waals surface area contributed by atoms with Crippen LogP contribution >= 0.6 is 23.2 Å². The van der Waals surface area contributed by atoms with Crippen molar-refractivity contribution in [2.45, 2.75) is 19.4 Å². The molecule has 0 saturated carbocycles. The third kappa shape index (κ3) is 5.44. The molecule has 6 nitrogen and oxygen atoms in total. The lowest BCUT2D eigenvalue weighted by atomic mass is 9.96. The molecule has 0 bridgehead atoms. The predicted molar refractivity (Wildman–Crippen MR) is 125 cm³/mol. The maximum Gasteiger partial charge on any atom is 0.251 e. The van der Waals surface area contributed by atoms with Gasteiger partial charge in [0.2, 0.25) is 0 Å². The largest absolute Gasteiger partial charge is 0.495 e. The highest BCUT2D eigenvalue weighted by atomic mass is 35.5. The zero-order chi connectivity index (χ0) is 22.5. The van der Waals surface area contributed by atoms with Gasteiger partial charge in [0.15, 0.2) is 5.76 Å². The van der Waals surface area contributed by atoms with E-state index in [1.807, 2.05) is 30.3 Å². The van der Waals surface area contributed by atoms with Crippen molar-refractivity contribution < 1.29 is 14.1 Å². The third-order valence-electron chi connectivity index (χ3n) is 5.76. The van der Waals surface area contributed by atoms with E-state index >= 15 is 0 Å². The van der Waals surface area contributed by atoms with Crippen molar-refractivity contribution in [2.24, 2.45) is 5.92 Å². The molecule has 2 heterocycles. The molecule has 32 heavy (non-hydrogen) atoms. The van der Waals surface area contributed by atoms with Crippen LogP contribution < -0.4 is 10.1 Å². The molecular formula is C24H25Cl2N3O3. The molecule has 1 aromatic heterocycles.